The van der Waals surface area contributed by atoms with Gasteiger partial charge in [0.1, 0.15) is 12.6 Å². The lowest BCUT2D eigenvalue weighted by molar-refractivity contribution is -0.140. The number of sulfonamides is 1. The molecule has 1 aliphatic rings. The Balaban J connectivity index is 1.92. The maximum atomic E-state index is 13.6. The van der Waals surface area contributed by atoms with E-state index in [2.05, 4.69) is 5.32 Å². The molecule has 0 saturated heterocycles. The number of ether oxygens (including phenoxy) is 2. The van der Waals surface area contributed by atoms with Crippen LogP contribution in [0, 0.1) is 0 Å². The fraction of sp³-hybridized carbons (Fsp3) is 0.417. The van der Waals surface area contributed by atoms with Gasteiger partial charge in [-0.2, -0.15) is 0 Å². The minimum Gasteiger partial charge on any atom is -0.454 e. The third-order valence-corrected chi connectivity index (χ3v) is 6.61. The molecule has 1 heterocycles. The van der Waals surface area contributed by atoms with E-state index in [1.165, 1.54) is 11.0 Å². The van der Waals surface area contributed by atoms with Gasteiger partial charge in [-0.3, -0.25) is 13.9 Å². The van der Waals surface area contributed by atoms with Crippen LogP contribution in [0.1, 0.15) is 33.3 Å². The first-order valence-electron chi connectivity index (χ1n) is 11.0. The molecule has 0 unspecified atom stereocenters. The molecule has 0 spiro atoms. The maximum absolute atomic E-state index is 13.6. The fourth-order valence-corrected chi connectivity index (χ4v) is 4.60. The van der Waals surface area contributed by atoms with Gasteiger partial charge in [0.25, 0.3) is 0 Å². The largest absolute Gasteiger partial charge is 0.454 e. The number of anilines is 1. The molecule has 3 rings (SSSR count). The summed E-state index contributed by atoms with van der Waals surface area (Å²) in [5, 5.41) is 3.36. The molecule has 2 amide bonds. The van der Waals surface area contributed by atoms with Crippen LogP contribution < -0.4 is 19.1 Å². The molecule has 190 valence electrons. The van der Waals surface area contributed by atoms with Crippen molar-refractivity contribution in [1.82, 2.24) is 10.2 Å². The summed E-state index contributed by atoms with van der Waals surface area (Å²) in [6.45, 7) is 6.71. The number of rotatable bonds is 8. The summed E-state index contributed by atoms with van der Waals surface area (Å²) in [6.07, 6.45) is 1.02. The van der Waals surface area contributed by atoms with E-state index in [1.54, 1.807) is 43.3 Å². The fourth-order valence-electron chi connectivity index (χ4n) is 3.54. The first-order chi connectivity index (χ1) is 16.2. The number of carbonyl (C=O) groups is 2. The van der Waals surface area contributed by atoms with E-state index in [0.29, 0.717) is 22.1 Å². The van der Waals surface area contributed by atoms with Gasteiger partial charge in [-0.1, -0.05) is 23.7 Å². The summed E-state index contributed by atoms with van der Waals surface area (Å²) in [6, 6.07) is 10.7. The van der Waals surface area contributed by atoms with Crippen molar-refractivity contribution in [3.63, 3.8) is 0 Å². The Kier molecular flexibility index (Phi) is 7.86. The van der Waals surface area contributed by atoms with Gasteiger partial charge in [0.05, 0.1) is 11.9 Å². The van der Waals surface area contributed by atoms with E-state index in [0.717, 1.165) is 10.6 Å². The van der Waals surface area contributed by atoms with E-state index in [-0.39, 0.29) is 24.9 Å². The van der Waals surface area contributed by atoms with E-state index in [9.17, 15) is 18.0 Å². The maximum Gasteiger partial charge on any atom is 0.244 e. The molecule has 2 aromatic carbocycles. The molecule has 0 fully saturated rings. The van der Waals surface area contributed by atoms with Crippen LogP contribution in [-0.4, -0.2) is 56.3 Å². The monoisotopic (exact) mass is 523 g/mol. The van der Waals surface area contributed by atoms with Crippen molar-refractivity contribution in [2.24, 2.45) is 0 Å². The SMILES string of the molecule is C[C@H](C(=O)NC(C)(C)C)N(Cc1cccc(Cl)c1)C(=O)CN(c1ccc2c(c1)OCO2)S(C)(=O)=O. The number of amides is 2. The molecule has 0 radical (unpaired) electrons. The lowest BCUT2D eigenvalue weighted by Crippen LogP contribution is -2.54. The zero-order chi connectivity index (χ0) is 26.0. The second-order valence-electron chi connectivity index (χ2n) is 9.37. The van der Waals surface area contributed by atoms with Crippen molar-refractivity contribution in [3.05, 3.63) is 53.1 Å². The zero-order valence-corrected chi connectivity index (χ0v) is 21.9. The Morgan fingerprint density at radius 3 is 2.43 bits per heavy atom. The van der Waals surface area contributed by atoms with Crippen molar-refractivity contribution in [2.75, 3.05) is 23.9 Å². The summed E-state index contributed by atoms with van der Waals surface area (Å²) in [4.78, 5) is 27.9. The van der Waals surface area contributed by atoms with Crippen LogP contribution >= 0.6 is 11.6 Å². The van der Waals surface area contributed by atoms with Crippen LogP contribution in [0.25, 0.3) is 0 Å². The highest BCUT2D eigenvalue weighted by Gasteiger charge is 2.32. The minimum atomic E-state index is -3.85. The van der Waals surface area contributed by atoms with E-state index >= 15 is 0 Å². The van der Waals surface area contributed by atoms with Crippen molar-refractivity contribution in [1.29, 1.82) is 0 Å². The highest BCUT2D eigenvalue weighted by Crippen LogP contribution is 2.36. The molecule has 1 N–H and O–H groups in total. The third-order valence-electron chi connectivity index (χ3n) is 5.23. The van der Waals surface area contributed by atoms with Crippen LogP contribution in [-0.2, 0) is 26.2 Å². The number of benzene rings is 2. The Bertz CT molecular complexity index is 1210. The molecule has 0 bridgehead atoms. The Labute approximate surface area is 211 Å². The van der Waals surface area contributed by atoms with Crippen LogP contribution in [0.15, 0.2) is 42.5 Å². The third kappa shape index (κ3) is 7.02. The van der Waals surface area contributed by atoms with Gasteiger partial charge in [-0.05, 0) is 57.5 Å². The van der Waals surface area contributed by atoms with Gasteiger partial charge in [0, 0.05) is 23.2 Å². The van der Waals surface area contributed by atoms with Gasteiger partial charge < -0.3 is 19.7 Å². The molecule has 1 atom stereocenters. The summed E-state index contributed by atoms with van der Waals surface area (Å²) < 4.78 is 37.0. The van der Waals surface area contributed by atoms with Crippen molar-refractivity contribution in [2.45, 2.75) is 45.8 Å². The number of halogens is 1. The normalized spacial score (nSPS) is 13.8. The van der Waals surface area contributed by atoms with E-state index in [4.69, 9.17) is 21.1 Å². The summed E-state index contributed by atoms with van der Waals surface area (Å²) in [7, 11) is -3.85. The Morgan fingerprint density at radius 2 is 1.80 bits per heavy atom. The number of carbonyl (C=O) groups excluding carboxylic acids is 2. The summed E-state index contributed by atoms with van der Waals surface area (Å²) in [5.74, 6) is -0.0348. The number of nitrogens with one attached hydrogen (secondary N) is 1. The lowest BCUT2D eigenvalue weighted by atomic mass is 10.1. The number of hydrogen-bond acceptors (Lipinski definition) is 6. The number of fused-ring (bicyclic) bond motifs is 1. The van der Waals surface area contributed by atoms with Crippen LogP contribution in [0.4, 0.5) is 5.69 Å². The van der Waals surface area contributed by atoms with Crippen molar-refractivity contribution in [3.8, 4) is 11.5 Å². The summed E-state index contributed by atoms with van der Waals surface area (Å²) >= 11 is 6.12. The zero-order valence-electron chi connectivity index (χ0n) is 20.4. The van der Waals surface area contributed by atoms with Crippen molar-refractivity contribution >= 4 is 39.1 Å². The standard InChI is InChI=1S/C24H30ClN3O6S/c1-16(23(30)26-24(2,3)4)27(13-17-7-6-8-18(25)11-17)22(29)14-28(35(5,31)32)19-9-10-20-21(12-19)34-15-33-20/h6-12,16H,13-15H2,1-5H3,(H,26,30)/t16-/m1/s1. The molecule has 0 saturated carbocycles. The topological polar surface area (TPSA) is 105 Å². The Hall–Kier alpha value is -2.98. The molecule has 11 heteroatoms. The number of nitrogens with zero attached hydrogens (tertiary/aromatic N) is 2. The lowest BCUT2D eigenvalue weighted by Gasteiger charge is -2.33. The van der Waals surface area contributed by atoms with Gasteiger partial charge in [-0.15, -0.1) is 0 Å². The molecule has 0 aromatic heterocycles. The van der Waals surface area contributed by atoms with Crippen molar-refractivity contribution < 1.29 is 27.5 Å². The van der Waals surface area contributed by atoms with Crippen LogP contribution in [0.5, 0.6) is 11.5 Å². The molecule has 2 aromatic rings. The van der Waals surface area contributed by atoms with Gasteiger partial charge in [-0.25, -0.2) is 8.42 Å². The van der Waals surface area contributed by atoms with E-state index < -0.39 is 34.1 Å². The smallest absolute Gasteiger partial charge is 0.244 e. The molecule has 9 nitrogen and oxygen atoms in total. The predicted molar refractivity (Wildman–Crippen MR) is 134 cm³/mol. The van der Waals surface area contributed by atoms with Crippen LogP contribution in [0.2, 0.25) is 5.02 Å². The average Bonchev–Trinajstić information content (AvgIpc) is 3.21. The quantitative estimate of drug-likeness (QED) is 0.570. The predicted octanol–water partition coefficient (Wildman–Crippen LogP) is 3.17. The second kappa shape index (κ2) is 10.3. The highest BCUT2D eigenvalue weighted by molar-refractivity contribution is 7.92. The molecule has 0 aliphatic carbocycles. The van der Waals surface area contributed by atoms with Gasteiger partial charge in [0.2, 0.25) is 28.6 Å². The summed E-state index contributed by atoms with van der Waals surface area (Å²) in [5.41, 5.74) is 0.441. The molecular formula is C24H30ClN3O6S. The van der Waals surface area contributed by atoms with Crippen LogP contribution in [0.3, 0.4) is 0 Å². The van der Waals surface area contributed by atoms with Gasteiger partial charge >= 0.3 is 0 Å². The Morgan fingerprint density at radius 1 is 1.11 bits per heavy atom. The molecule has 35 heavy (non-hydrogen) atoms. The second-order valence-corrected chi connectivity index (χ2v) is 11.7. The van der Waals surface area contributed by atoms with Gasteiger partial charge in [0.15, 0.2) is 11.5 Å². The highest BCUT2D eigenvalue weighted by atomic mass is 35.5. The molecular weight excluding hydrogens is 494 g/mol. The van der Waals surface area contributed by atoms with E-state index in [1.807, 2.05) is 20.8 Å². The first kappa shape index (κ1) is 26.6. The minimum absolute atomic E-state index is 0.0322. The average molecular weight is 524 g/mol. The molecule has 1 aliphatic heterocycles. The first-order valence-corrected chi connectivity index (χ1v) is 13.2. The number of hydrogen-bond donors (Lipinski definition) is 1.